The summed E-state index contributed by atoms with van der Waals surface area (Å²) in [6.07, 6.45) is 2.21. The Morgan fingerprint density at radius 1 is 1.00 bits per heavy atom. The van der Waals surface area contributed by atoms with Gasteiger partial charge in [0.2, 0.25) is 0 Å². The minimum absolute atomic E-state index is 0.160. The molecule has 0 atom stereocenters. The third-order valence-electron chi connectivity index (χ3n) is 3.33. The predicted octanol–water partition coefficient (Wildman–Crippen LogP) is 4.51. The molecule has 0 bridgehead atoms. The summed E-state index contributed by atoms with van der Waals surface area (Å²) in [7, 11) is 0. The first-order valence-electron chi connectivity index (χ1n) is 6.77. The number of hydrogen-bond acceptors (Lipinski definition) is 2. The van der Waals surface area contributed by atoms with E-state index in [1.165, 1.54) is 6.07 Å². The van der Waals surface area contributed by atoms with Gasteiger partial charge in [-0.3, -0.25) is 0 Å². The van der Waals surface area contributed by atoms with Crippen LogP contribution in [0.3, 0.4) is 0 Å². The Balaban J connectivity index is 1.86. The van der Waals surface area contributed by atoms with Crippen LogP contribution in [0.4, 0.5) is 13.2 Å². The molecule has 0 amide bonds. The predicted molar refractivity (Wildman–Crippen MR) is 76.7 cm³/mol. The lowest BCUT2D eigenvalue weighted by Crippen LogP contribution is -2.16. The van der Waals surface area contributed by atoms with Gasteiger partial charge in [-0.15, -0.1) is 0 Å². The van der Waals surface area contributed by atoms with Crippen molar-refractivity contribution in [3.63, 3.8) is 0 Å². The highest BCUT2D eigenvalue weighted by Crippen LogP contribution is 2.34. The number of nitrogens with one attached hydrogen (secondary N) is 1. The smallest absolute Gasteiger partial charge is 0.137 e. The minimum Gasteiger partial charge on any atom is -0.310 e. The van der Waals surface area contributed by atoms with Gasteiger partial charge in [-0.1, -0.05) is 17.8 Å². The van der Waals surface area contributed by atoms with E-state index in [9.17, 15) is 13.2 Å². The summed E-state index contributed by atoms with van der Waals surface area (Å²) >= 11 is 1.05. The van der Waals surface area contributed by atoms with Crippen molar-refractivity contribution in [3.05, 3.63) is 59.4 Å². The molecular weight excluding hydrogens is 295 g/mol. The first kappa shape index (κ1) is 14.5. The Morgan fingerprint density at radius 2 is 1.81 bits per heavy atom. The van der Waals surface area contributed by atoms with E-state index in [0.29, 0.717) is 23.0 Å². The van der Waals surface area contributed by atoms with Crippen LogP contribution in [0.1, 0.15) is 18.4 Å². The van der Waals surface area contributed by atoms with Gasteiger partial charge in [0.05, 0.1) is 4.90 Å². The summed E-state index contributed by atoms with van der Waals surface area (Å²) in [6, 6.07) is 8.42. The molecule has 1 aliphatic rings. The number of benzene rings is 2. The molecule has 1 fully saturated rings. The molecule has 3 rings (SSSR count). The minimum atomic E-state index is -0.508. The zero-order valence-electron chi connectivity index (χ0n) is 11.2. The van der Waals surface area contributed by atoms with Crippen molar-refractivity contribution in [2.45, 2.75) is 35.2 Å². The van der Waals surface area contributed by atoms with Crippen molar-refractivity contribution in [2.75, 3.05) is 0 Å². The molecule has 1 N–H and O–H groups in total. The van der Waals surface area contributed by atoms with Gasteiger partial charge in [0.1, 0.15) is 17.5 Å². The zero-order chi connectivity index (χ0) is 14.8. The first-order valence-corrected chi connectivity index (χ1v) is 7.59. The molecule has 0 radical (unpaired) electrons. The fourth-order valence-corrected chi connectivity index (χ4v) is 3.03. The monoisotopic (exact) mass is 309 g/mol. The van der Waals surface area contributed by atoms with Gasteiger partial charge in [0.15, 0.2) is 0 Å². The van der Waals surface area contributed by atoms with Crippen molar-refractivity contribution < 1.29 is 13.2 Å². The third-order valence-corrected chi connectivity index (χ3v) is 4.47. The molecule has 1 saturated carbocycles. The molecule has 1 nitrogen and oxygen atoms in total. The summed E-state index contributed by atoms with van der Waals surface area (Å²) in [6.45, 7) is 0.399. The van der Waals surface area contributed by atoms with Crippen LogP contribution in [0.15, 0.2) is 46.2 Å². The van der Waals surface area contributed by atoms with Crippen LogP contribution in [0.5, 0.6) is 0 Å². The van der Waals surface area contributed by atoms with Crippen molar-refractivity contribution in [1.29, 1.82) is 0 Å². The second-order valence-corrected chi connectivity index (χ2v) is 6.13. The third kappa shape index (κ3) is 3.60. The van der Waals surface area contributed by atoms with Crippen LogP contribution in [-0.4, -0.2) is 6.04 Å². The van der Waals surface area contributed by atoms with Gasteiger partial charge in [-0.2, -0.15) is 0 Å². The van der Waals surface area contributed by atoms with Gasteiger partial charge in [0, 0.05) is 23.0 Å². The van der Waals surface area contributed by atoms with Gasteiger partial charge in [0.25, 0.3) is 0 Å². The van der Waals surface area contributed by atoms with Crippen LogP contribution in [-0.2, 0) is 6.54 Å². The molecule has 0 aromatic heterocycles. The van der Waals surface area contributed by atoms with Crippen LogP contribution < -0.4 is 5.32 Å². The molecule has 0 spiro atoms. The molecule has 110 valence electrons. The van der Waals surface area contributed by atoms with Crippen molar-refractivity contribution in [2.24, 2.45) is 0 Å². The Morgan fingerprint density at radius 3 is 2.57 bits per heavy atom. The molecule has 5 heteroatoms. The Hall–Kier alpha value is -1.46. The summed E-state index contributed by atoms with van der Waals surface area (Å²) in [4.78, 5) is 0.765. The summed E-state index contributed by atoms with van der Waals surface area (Å²) in [5.41, 5.74) is 0.498. The molecule has 21 heavy (non-hydrogen) atoms. The maximum absolute atomic E-state index is 14.0. The highest BCUT2D eigenvalue weighted by atomic mass is 32.2. The summed E-state index contributed by atoms with van der Waals surface area (Å²) < 4.78 is 40.9. The van der Waals surface area contributed by atoms with Gasteiger partial charge < -0.3 is 5.32 Å². The van der Waals surface area contributed by atoms with E-state index >= 15 is 0 Å². The number of halogens is 3. The summed E-state index contributed by atoms with van der Waals surface area (Å²) in [5, 5.41) is 3.24. The molecule has 0 unspecified atom stereocenters. The molecule has 2 aromatic carbocycles. The highest BCUT2D eigenvalue weighted by Gasteiger charge is 2.21. The molecule has 0 aliphatic heterocycles. The molecule has 0 heterocycles. The van der Waals surface area contributed by atoms with Crippen LogP contribution in [0.25, 0.3) is 0 Å². The van der Waals surface area contributed by atoms with Gasteiger partial charge in [-0.25, -0.2) is 13.2 Å². The lowest BCUT2D eigenvalue weighted by Gasteiger charge is -2.11. The SMILES string of the molecule is Fc1ccc(F)c(Sc2cccc(F)c2CNC2CC2)c1. The van der Waals surface area contributed by atoms with E-state index in [1.54, 1.807) is 12.1 Å². The van der Waals surface area contributed by atoms with Crippen molar-refractivity contribution >= 4 is 11.8 Å². The van der Waals surface area contributed by atoms with E-state index in [-0.39, 0.29) is 10.7 Å². The molecular formula is C16H14F3NS. The van der Waals surface area contributed by atoms with E-state index in [0.717, 1.165) is 42.8 Å². The number of rotatable bonds is 5. The molecule has 2 aromatic rings. The van der Waals surface area contributed by atoms with Crippen molar-refractivity contribution in [3.8, 4) is 0 Å². The van der Waals surface area contributed by atoms with E-state index in [4.69, 9.17) is 0 Å². The van der Waals surface area contributed by atoms with Crippen molar-refractivity contribution in [1.82, 2.24) is 5.32 Å². The fourth-order valence-electron chi connectivity index (χ4n) is 2.01. The quantitative estimate of drug-likeness (QED) is 0.872. The maximum atomic E-state index is 14.0. The molecule has 1 aliphatic carbocycles. The lowest BCUT2D eigenvalue weighted by atomic mass is 10.2. The number of hydrogen-bond donors (Lipinski definition) is 1. The fraction of sp³-hybridized carbons (Fsp3) is 0.250. The van der Waals surface area contributed by atoms with E-state index < -0.39 is 11.6 Å². The largest absolute Gasteiger partial charge is 0.310 e. The van der Waals surface area contributed by atoms with Crippen LogP contribution in [0.2, 0.25) is 0 Å². The Labute approximate surface area is 125 Å². The standard InChI is InChI=1S/C16H14F3NS/c17-10-4-7-14(19)16(8-10)21-15-3-1-2-13(18)12(15)9-20-11-5-6-11/h1-4,7-8,11,20H,5-6,9H2. The van der Waals surface area contributed by atoms with Gasteiger partial charge >= 0.3 is 0 Å². The topological polar surface area (TPSA) is 12.0 Å². The second kappa shape index (κ2) is 6.12. The Kier molecular flexibility index (Phi) is 4.22. The Bertz CT molecular complexity index is 656. The van der Waals surface area contributed by atoms with Crippen LogP contribution >= 0.6 is 11.8 Å². The normalized spacial score (nSPS) is 14.4. The maximum Gasteiger partial charge on any atom is 0.137 e. The summed E-state index contributed by atoms with van der Waals surface area (Å²) in [5.74, 6) is -1.34. The van der Waals surface area contributed by atoms with Crippen LogP contribution in [0, 0.1) is 17.5 Å². The highest BCUT2D eigenvalue weighted by molar-refractivity contribution is 7.99. The lowest BCUT2D eigenvalue weighted by molar-refractivity contribution is 0.574. The van der Waals surface area contributed by atoms with E-state index in [1.807, 2.05) is 0 Å². The average Bonchev–Trinajstić information content (AvgIpc) is 3.26. The molecule has 0 saturated heterocycles. The first-order chi connectivity index (χ1) is 10.1. The second-order valence-electron chi connectivity index (χ2n) is 5.05. The van der Waals surface area contributed by atoms with Gasteiger partial charge in [-0.05, 0) is 43.2 Å². The average molecular weight is 309 g/mol. The zero-order valence-corrected chi connectivity index (χ0v) is 12.0. The van der Waals surface area contributed by atoms with E-state index in [2.05, 4.69) is 5.32 Å².